The Bertz CT molecular complexity index is 266. The summed E-state index contributed by atoms with van der Waals surface area (Å²) in [6.45, 7) is 1.06. The number of aldehydes is 1. The zero-order valence-corrected chi connectivity index (χ0v) is 8.21. The molecule has 13 heavy (non-hydrogen) atoms. The number of carbonyl (C=O) groups excluding carboxylic acids is 1. The third-order valence-electron chi connectivity index (χ3n) is 2.05. The van der Waals surface area contributed by atoms with Crippen LogP contribution in [-0.4, -0.2) is 36.8 Å². The molecule has 1 aromatic heterocycles. The van der Waals surface area contributed by atoms with Gasteiger partial charge in [-0.25, -0.2) is 0 Å². The van der Waals surface area contributed by atoms with Crippen LogP contribution in [-0.2, 0) is 6.42 Å². The molecule has 3 heteroatoms. The average Bonchev–Trinajstić information content (AvgIpc) is 2.51. The molecule has 1 N–H and O–H groups in total. The van der Waals surface area contributed by atoms with E-state index < -0.39 is 0 Å². The minimum atomic E-state index is 0.791. The predicted octanol–water partition coefficient (Wildman–Crippen LogP) is 1.32. The van der Waals surface area contributed by atoms with Gasteiger partial charge in [0.15, 0.2) is 6.29 Å². The van der Waals surface area contributed by atoms with Crippen molar-refractivity contribution in [2.24, 2.45) is 0 Å². The molecule has 0 spiro atoms. The average molecular weight is 180 g/mol. The minimum Gasteiger partial charge on any atom is -0.367 e. The number of aryl methyl sites for hydroxylation is 1. The van der Waals surface area contributed by atoms with Gasteiger partial charge in [-0.05, 0) is 39.0 Å². The maximum atomic E-state index is 10.6. The van der Waals surface area contributed by atoms with Crippen molar-refractivity contribution in [3.8, 4) is 0 Å². The first kappa shape index (κ1) is 9.99. The first-order valence-electron chi connectivity index (χ1n) is 4.49. The van der Waals surface area contributed by atoms with Gasteiger partial charge in [-0.1, -0.05) is 0 Å². The monoisotopic (exact) mass is 180 g/mol. The predicted molar refractivity (Wildman–Crippen MR) is 53.1 cm³/mol. The number of aromatic nitrogens is 1. The Morgan fingerprint density at radius 3 is 2.85 bits per heavy atom. The highest BCUT2D eigenvalue weighted by Crippen LogP contribution is 2.07. The number of aromatic amines is 1. The molecule has 0 aliphatic carbocycles. The second-order valence-electron chi connectivity index (χ2n) is 3.46. The van der Waals surface area contributed by atoms with Gasteiger partial charge in [-0.3, -0.25) is 4.79 Å². The van der Waals surface area contributed by atoms with Crippen LogP contribution in [0.2, 0.25) is 0 Å². The summed E-state index contributed by atoms with van der Waals surface area (Å²) < 4.78 is 0. The zero-order chi connectivity index (χ0) is 9.68. The van der Waals surface area contributed by atoms with Gasteiger partial charge in [0.25, 0.3) is 0 Å². The molecule has 0 aliphatic rings. The molecule has 0 atom stereocenters. The second-order valence-corrected chi connectivity index (χ2v) is 3.46. The molecule has 0 radical (unpaired) electrons. The van der Waals surface area contributed by atoms with E-state index in [-0.39, 0.29) is 0 Å². The number of nitrogens with one attached hydrogen (secondary N) is 1. The van der Waals surface area contributed by atoms with Crippen molar-refractivity contribution in [1.29, 1.82) is 0 Å². The Balaban J connectivity index is 2.40. The Labute approximate surface area is 78.8 Å². The standard InChI is InChI=1S/C10H16N2O/c1-12(2)5-3-4-9-6-11-7-10(9)8-13/h6-8,11H,3-5H2,1-2H3. The van der Waals surface area contributed by atoms with Gasteiger partial charge in [0.05, 0.1) is 0 Å². The van der Waals surface area contributed by atoms with Crippen LogP contribution in [0.4, 0.5) is 0 Å². The van der Waals surface area contributed by atoms with E-state index in [0.29, 0.717) is 0 Å². The first-order valence-corrected chi connectivity index (χ1v) is 4.49. The quantitative estimate of drug-likeness (QED) is 0.694. The highest BCUT2D eigenvalue weighted by atomic mass is 16.1. The summed E-state index contributed by atoms with van der Waals surface area (Å²) in [5, 5.41) is 0. The van der Waals surface area contributed by atoms with Gasteiger partial charge >= 0.3 is 0 Å². The lowest BCUT2D eigenvalue weighted by atomic mass is 10.1. The summed E-state index contributed by atoms with van der Waals surface area (Å²) in [4.78, 5) is 15.6. The summed E-state index contributed by atoms with van der Waals surface area (Å²) in [5.41, 5.74) is 1.91. The summed E-state index contributed by atoms with van der Waals surface area (Å²) in [6.07, 6.45) is 6.61. The van der Waals surface area contributed by atoms with E-state index >= 15 is 0 Å². The third kappa shape index (κ3) is 3.03. The molecule has 0 bridgehead atoms. The Morgan fingerprint density at radius 2 is 2.23 bits per heavy atom. The van der Waals surface area contributed by atoms with E-state index in [1.807, 2.05) is 6.20 Å². The topological polar surface area (TPSA) is 36.1 Å². The second kappa shape index (κ2) is 4.82. The lowest BCUT2D eigenvalue weighted by Gasteiger charge is -2.08. The van der Waals surface area contributed by atoms with Crippen molar-refractivity contribution < 1.29 is 4.79 Å². The molecule has 0 saturated carbocycles. The van der Waals surface area contributed by atoms with Gasteiger partial charge in [0.1, 0.15) is 0 Å². The molecule has 0 saturated heterocycles. The number of nitrogens with zero attached hydrogens (tertiary/aromatic N) is 1. The van der Waals surface area contributed by atoms with E-state index in [0.717, 1.165) is 36.8 Å². The van der Waals surface area contributed by atoms with Crippen molar-refractivity contribution in [2.75, 3.05) is 20.6 Å². The number of hydrogen-bond acceptors (Lipinski definition) is 2. The molecule has 0 amide bonds. The van der Waals surface area contributed by atoms with Gasteiger partial charge in [0.2, 0.25) is 0 Å². The fraction of sp³-hybridized carbons (Fsp3) is 0.500. The molecule has 1 aromatic rings. The Hall–Kier alpha value is -1.09. The van der Waals surface area contributed by atoms with E-state index in [1.54, 1.807) is 6.20 Å². The minimum absolute atomic E-state index is 0.791. The van der Waals surface area contributed by atoms with E-state index in [1.165, 1.54) is 0 Å². The van der Waals surface area contributed by atoms with Crippen LogP contribution >= 0.6 is 0 Å². The normalized spacial score (nSPS) is 10.7. The SMILES string of the molecule is CN(C)CCCc1c[nH]cc1C=O. The Morgan fingerprint density at radius 1 is 1.46 bits per heavy atom. The highest BCUT2D eigenvalue weighted by Gasteiger charge is 2.01. The summed E-state index contributed by atoms with van der Waals surface area (Å²) in [5.74, 6) is 0. The van der Waals surface area contributed by atoms with Gasteiger partial charge in [-0.2, -0.15) is 0 Å². The van der Waals surface area contributed by atoms with Gasteiger partial charge in [-0.15, -0.1) is 0 Å². The number of carbonyl (C=O) groups is 1. The Kier molecular flexibility index (Phi) is 3.71. The zero-order valence-electron chi connectivity index (χ0n) is 8.21. The number of rotatable bonds is 5. The molecule has 1 heterocycles. The van der Waals surface area contributed by atoms with Crippen LogP contribution in [0.3, 0.4) is 0 Å². The number of H-pyrrole nitrogens is 1. The summed E-state index contributed by atoms with van der Waals surface area (Å²) >= 11 is 0. The molecule has 3 nitrogen and oxygen atoms in total. The van der Waals surface area contributed by atoms with Gasteiger partial charge in [0, 0.05) is 18.0 Å². The molecule has 0 fully saturated rings. The summed E-state index contributed by atoms with van der Waals surface area (Å²) in [7, 11) is 4.11. The smallest absolute Gasteiger partial charge is 0.151 e. The van der Waals surface area contributed by atoms with Crippen LogP contribution in [0.1, 0.15) is 22.3 Å². The van der Waals surface area contributed by atoms with Crippen LogP contribution in [0.15, 0.2) is 12.4 Å². The van der Waals surface area contributed by atoms with Crippen molar-refractivity contribution in [2.45, 2.75) is 12.8 Å². The maximum absolute atomic E-state index is 10.6. The van der Waals surface area contributed by atoms with Crippen LogP contribution in [0.5, 0.6) is 0 Å². The van der Waals surface area contributed by atoms with Crippen molar-refractivity contribution >= 4 is 6.29 Å². The van der Waals surface area contributed by atoms with E-state index in [9.17, 15) is 4.79 Å². The van der Waals surface area contributed by atoms with E-state index in [2.05, 4.69) is 24.0 Å². The van der Waals surface area contributed by atoms with Crippen LogP contribution < -0.4 is 0 Å². The van der Waals surface area contributed by atoms with Gasteiger partial charge < -0.3 is 9.88 Å². The first-order chi connectivity index (χ1) is 6.24. The molecular weight excluding hydrogens is 164 g/mol. The number of hydrogen-bond donors (Lipinski definition) is 1. The molecule has 0 unspecified atom stereocenters. The lowest BCUT2D eigenvalue weighted by molar-refractivity contribution is 0.112. The molecule has 0 aliphatic heterocycles. The molecule has 72 valence electrons. The molecule has 1 rings (SSSR count). The molecule has 0 aromatic carbocycles. The fourth-order valence-electron chi connectivity index (χ4n) is 1.32. The highest BCUT2D eigenvalue weighted by molar-refractivity contribution is 5.76. The van der Waals surface area contributed by atoms with E-state index in [4.69, 9.17) is 0 Å². The maximum Gasteiger partial charge on any atom is 0.151 e. The van der Waals surface area contributed by atoms with Crippen molar-refractivity contribution in [3.63, 3.8) is 0 Å². The molecular formula is C10H16N2O. The van der Waals surface area contributed by atoms with Crippen LogP contribution in [0.25, 0.3) is 0 Å². The largest absolute Gasteiger partial charge is 0.367 e. The fourth-order valence-corrected chi connectivity index (χ4v) is 1.32. The lowest BCUT2D eigenvalue weighted by Crippen LogP contribution is -2.13. The van der Waals surface area contributed by atoms with Crippen molar-refractivity contribution in [3.05, 3.63) is 23.5 Å². The van der Waals surface area contributed by atoms with Crippen molar-refractivity contribution in [1.82, 2.24) is 9.88 Å². The third-order valence-corrected chi connectivity index (χ3v) is 2.05. The summed E-state index contributed by atoms with van der Waals surface area (Å²) in [6, 6.07) is 0. The van der Waals surface area contributed by atoms with Crippen LogP contribution in [0, 0.1) is 0 Å².